The van der Waals surface area contributed by atoms with E-state index in [1.807, 2.05) is 26.0 Å². The fourth-order valence-electron chi connectivity index (χ4n) is 2.31. The minimum atomic E-state index is -0.850. The van der Waals surface area contributed by atoms with Gasteiger partial charge in [0.1, 0.15) is 5.75 Å². The molecule has 0 radical (unpaired) electrons. The molecule has 0 spiro atoms. The van der Waals surface area contributed by atoms with Crippen LogP contribution in [0.25, 0.3) is 0 Å². The van der Waals surface area contributed by atoms with Crippen molar-refractivity contribution in [2.24, 2.45) is 0 Å². The summed E-state index contributed by atoms with van der Waals surface area (Å²) in [5.74, 6) is -0.0656. The van der Waals surface area contributed by atoms with Gasteiger partial charge in [0.05, 0.1) is 12.7 Å². The fraction of sp³-hybridized carbons (Fsp3) is 0.263. The second kappa shape index (κ2) is 7.09. The number of methoxy groups -OCH3 is 1. The molecule has 0 aliphatic carbocycles. The quantitative estimate of drug-likeness (QED) is 0.623. The molecule has 2 aromatic rings. The van der Waals surface area contributed by atoms with Gasteiger partial charge in [0.15, 0.2) is 6.10 Å². The molecule has 0 aliphatic rings. The molecular formula is C19H20O4. The lowest BCUT2D eigenvalue weighted by Crippen LogP contribution is -2.24. The van der Waals surface area contributed by atoms with Gasteiger partial charge < -0.3 is 9.47 Å². The van der Waals surface area contributed by atoms with Gasteiger partial charge >= 0.3 is 5.97 Å². The summed E-state index contributed by atoms with van der Waals surface area (Å²) in [6.45, 7) is 5.38. The maximum Gasteiger partial charge on any atom is 0.339 e. The molecule has 4 nitrogen and oxygen atoms in total. The third-order valence-electron chi connectivity index (χ3n) is 3.63. The zero-order valence-electron chi connectivity index (χ0n) is 13.8. The van der Waals surface area contributed by atoms with E-state index in [0.717, 1.165) is 11.1 Å². The van der Waals surface area contributed by atoms with Gasteiger partial charge in [-0.1, -0.05) is 17.7 Å². The van der Waals surface area contributed by atoms with Gasteiger partial charge in [-0.2, -0.15) is 0 Å². The molecule has 2 aromatic carbocycles. The van der Waals surface area contributed by atoms with Gasteiger partial charge in [0, 0.05) is 5.56 Å². The lowest BCUT2D eigenvalue weighted by atomic mass is 10.1. The molecule has 0 saturated carbocycles. The molecule has 0 fully saturated rings. The molecule has 0 saturated heterocycles. The first-order chi connectivity index (χ1) is 10.9. The zero-order chi connectivity index (χ0) is 17.0. The van der Waals surface area contributed by atoms with Crippen LogP contribution in [0.15, 0.2) is 42.5 Å². The molecular weight excluding hydrogens is 292 g/mol. The van der Waals surface area contributed by atoms with Crippen LogP contribution in [0.1, 0.15) is 38.8 Å². The molecule has 0 aliphatic heterocycles. The fourth-order valence-corrected chi connectivity index (χ4v) is 2.31. The number of Topliss-reactive ketones (excluding diaryl/α,β-unsaturated/α-hetero) is 1. The summed E-state index contributed by atoms with van der Waals surface area (Å²) in [6, 6.07) is 12.2. The van der Waals surface area contributed by atoms with Crippen LogP contribution in [0.5, 0.6) is 5.75 Å². The third kappa shape index (κ3) is 3.97. The Bertz CT molecular complexity index is 717. The van der Waals surface area contributed by atoms with Crippen molar-refractivity contribution in [3.8, 4) is 5.75 Å². The van der Waals surface area contributed by atoms with E-state index in [9.17, 15) is 9.59 Å². The van der Waals surface area contributed by atoms with Crippen LogP contribution in [0.4, 0.5) is 0 Å². The highest BCUT2D eigenvalue weighted by Gasteiger charge is 2.21. The smallest absolute Gasteiger partial charge is 0.339 e. The highest BCUT2D eigenvalue weighted by molar-refractivity contribution is 6.01. The highest BCUT2D eigenvalue weighted by Crippen LogP contribution is 2.16. The normalized spacial score (nSPS) is 11.7. The topological polar surface area (TPSA) is 52.6 Å². The van der Waals surface area contributed by atoms with Crippen LogP contribution in [0.3, 0.4) is 0 Å². The predicted octanol–water partition coefficient (Wildman–Crippen LogP) is 3.74. The minimum Gasteiger partial charge on any atom is -0.497 e. The molecule has 0 heterocycles. The summed E-state index contributed by atoms with van der Waals surface area (Å²) in [7, 11) is 1.56. The molecule has 0 aromatic heterocycles. The Kier molecular flexibility index (Phi) is 5.16. The Hall–Kier alpha value is -2.62. The summed E-state index contributed by atoms with van der Waals surface area (Å²) in [4.78, 5) is 24.6. The molecule has 23 heavy (non-hydrogen) atoms. The minimum absolute atomic E-state index is 0.245. The van der Waals surface area contributed by atoms with Gasteiger partial charge in [0.2, 0.25) is 5.78 Å². The van der Waals surface area contributed by atoms with Crippen molar-refractivity contribution in [2.45, 2.75) is 26.9 Å². The Morgan fingerprint density at radius 1 is 1.00 bits per heavy atom. The Morgan fingerprint density at radius 2 is 1.65 bits per heavy atom. The van der Waals surface area contributed by atoms with Gasteiger partial charge in [-0.25, -0.2) is 4.79 Å². The second-order valence-electron chi connectivity index (χ2n) is 5.46. The van der Waals surface area contributed by atoms with E-state index < -0.39 is 12.1 Å². The summed E-state index contributed by atoms with van der Waals surface area (Å²) >= 11 is 0. The van der Waals surface area contributed by atoms with Gasteiger partial charge in [-0.15, -0.1) is 0 Å². The van der Waals surface area contributed by atoms with Crippen LogP contribution < -0.4 is 4.74 Å². The zero-order valence-corrected chi connectivity index (χ0v) is 13.8. The van der Waals surface area contributed by atoms with Crippen molar-refractivity contribution < 1.29 is 19.1 Å². The van der Waals surface area contributed by atoms with Gasteiger partial charge in [-0.05, 0) is 56.7 Å². The molecule has 0 N–H and O–H groups in total. The van der Waals surface area contributed by atoms with Crippen molar-refractivity contribution in [2.75, 3.05) is 7.11 Å². The van der Waals surface area contributed by atoms with E-state index in [1.54, 1.807) is 44.4 Å². The number of rotatable bonds is 5. The number of hydrogen-bond donors (Lipinski definition) is 0. The first-order valence-corrected chi connectivity index (χ1v) is 7.39. The molecule has 120 valence electrons. The number of aryl methyl sites for hydroxylation is 2. The number of esters is 1. The standard InChI is InChI=1S/C19H20O4/c1-12-5-10-17(13(2)11-12)19(21)23-14(3)18(20)15-6-8-16(22-4)9-7-15/h5-11,14H,1-4H3/t14-/m1/s1. The average molecular weight is 312 g/mol. The van der Waals surface area contributed by atoms with E-state index >= 15 is 0 Å². The van der Waals surface area contributed by atoms with Crippen molar-refractivity contribution in [1.82, 2.24) is 0 Å². The van der Waals surface area contributed by atoms with Crippen LogP contribution >= 0.6 is 0 Å². The Balaban J connectivity index is 2.09. The monoisotopic (exact) mass is 312 g/mol. The van der Waals surface area contributed by atoms with E-state index in [-0.39, 0.29) is 5.78 Å². The van der Waals surface area contributed by atoms with Crippen LogP contribution in [-0.4, -0.2) is 25.0 Å². The molecule has 1 atom stereocenters. The van der Waals surface area contributed by atoms with Gasteiger partial charge in [0.25, 0.3) is 0 Å². The molecule has 4 heteroatoms. The maximum atomic E-state index is 12.3. The largest absolute Gasteiger partial charge is 0.497 e. The third-order valence-corrected chi connectivity index (χ3v) is 3.63. The van der Waals surface area contributed by atoms with Crippen molar-refractivity contribution >= 4 is 11.8 Å². The summed E-state index contributed by atoms with van der Waals surface area (Å²) in [5, 5.41) is 0. The van der Waals surface area contributed by atoms with Crippen LogP contribution in [-0.2, 0) is 4.74 Å². The number of carbonyl (C=O) groups is 2. The average Bonchev–Trinajstić information content (AvgIpc) is 2.54. The number of benzene rings is 2. The Morgan fingerprint density at radius 3 is 2.22 bits per heavy atom. The summed E-state index contributed by atoms with van der Waals surface area (Å²) < 4.78 is 10.4. The first kappa shape index (κ1) is 16.7. The molecule has 0 bridgehead atoms. The van der Waals surface area contributed by atoms with E-state index in [4.69, 9.17) is 9.47 Å². The molecule has 0 unspecified atom stereocenters. The molecule has 0 amide bonds. The van der Waals surface area contributed by atoms with Crippen molar-refractivity contribution in [3.05, 3.63) is 64.7 Å². The van der Waals surface area contributed by atoms with Crippen molar-refractivity contribution in [1.29, 1.82) is 0 Å². The lowest BCUT2D eigenvalue weighted by molar-refractivity contribution is 0.0318. The summed E-state index contributed by atoms with van der Waals surface area (Å²) in [6.07, 6.45) is -0.850. The van der Waals surface area contributed by atoms with E-state index in [2.05, 4.69) is 0 Å². The van der Waals surface area contributed by atoms with Crippen LogP contribution in [0.2, 0.25) is 0 Å². The van der Waals surface area contributed by atoms with Crippen LogP contribution in [0, 0.1) is 13.8 Å². The number of ketones is 1. The maximum absolute atomic E-state index is 12.3. The first-order valence-electron chi connectivity index (χ1n) is 7.39. The number of hydrogen-bond acceptors (Lipinski definition) is 4. The molecule has 2 rings (SSSR count). The summed E-state index contributed by atoms with van der Waals surface area (Å²) in [5.41, 5.74) is 2.86. The van der Waals surface area contributed by atoms with E-state index in [0.29, 0.717) is 16.9 Å². The van der Waals surface area contributed by atoms with E-state index in [1.165, 1.54) is 0 Å². The van der Waals surface area contributed by atoms with Crippen molar-refractivity contribution in [3.63, 3.8) is 0 Å². The SMILES string of the molecule is COc1ccc(C(=O)[C@@H](C)OC(=O)c2ccc(C)cc2C)cc1. The number of ether oxygens (including phenoxy) is 2. The lowest BCUT2D eigenvalue weighted by Gasteiger charge is -2.14. The predicted molar refractivity (Wildman–Crippen MR) is 88.1 cm³/mol. The second-order valence-corrected chi connectivity index (χ2v) is 5.46. The number of carbonyl (C=O) groups excluding carboxylic acids is 2. The Labute approximate surface area is 136 Å². The highest BCUT2D eigenvalue weighted by atomic mass is 16.5. The van der Waals surface area contributed by atoms with Gasteiger partial charge in [-0.3, -0.25) is 4.79 Å².